The molecule has 0 bridgehead atoms. The van der Waals surface area contributed by atoms with Gasteiger partial charge < -0.3 is 5.32 Å². The zero-order chi connectivity index (χ0) is 12.1. The van der Waals surface area contributed by atoms with Crippen molar-refractivity contribution in [1.29, 1.82) is 0 Å². The molecule has 5 nitrogen and oxygen atoms in total. The van der Waals surface area contributed by atoms with E-state index < -0.39 is 0 Å². The molecule has 17 heavy (non-hydrogen) atoms. The van der Waals surface area contributed by atoms with Crippen LogP contribution in [0, 0.1) is 0 Å². The molecule has 0 saturated heterocycles. The van der Waals surface area contributed by atoms with Crippen LogP contribution in [0.5, 0.6) is 0 Å². The van der Waals surface area contributed by atoms with E-state index in [2.05, 4.69) is 34.5 Å². The molecule has 2 aromatic heterocycles. The molecule has 0 atom stereocenters. The average Bonchev–Trinajstić information content (AvgIpc) is 2.85. The molecule has 0 radical (unpaired) electrons. The predicted molar refractivity (Wildman–Crippen MR) is 67.7 cm³/mol. The second-order valence-corrected chi connectivity index (χ2v) is 3.76. The van der Waals surface area contributed by atoms with Crippen molar-refractivity contribution in [2.45, 2.75) is 26.8 Å². The van der Waals surface area contributed by atoms with Gasteiger partial charge in [-0.05, 0) is 31.5 Å². The molecular weight excluding hydrogens is 214 g/mol. The molecule has 0 saturated carbocycles. The van der Waals surface area contributed by atoms with Gasteiger partial charge in [-0.3, -0.25) is 4.68 Å². The molecule has 1 N–H and O–H groups in total. The molecule has 0 aliphatic carbocycles. The minimum Gasteiger partial charge on any atom is -0.369 e. The van der Waals surface area contributed by atoms with Crippen LogP contribution in [0.1, 0.15) is 20.3 Å². The first-order valence-electron chi connectivity index (χ1n) is 5.95. The summed E-state index contributed by atoms with van der Waals surface area (Å²) in [6.07, 6.45) is 2.86. The van der Waals surface area contributed by atoms with Crippen LogP contribution in [0.2, 0.25) is 0 Å². The summed E-state index contributed by atoms with van der Waals surface area (Å²) in [4.78, 5) is 0. The predicted octanol–water partition coefficient (Wildman–Crippen LogP) is 2.18. The third-order valence-electron chi connectivity index (χ3n) is 2.50. The van der Waals surface area contributed by atoms with Crippen LogP contribution in [0.15, 0.2) is 24.4 Å². The van der Waals surface area contributed by atoms with E-state index in [4.69, 9.17) is 0 Å². The Balaban J connectivity index is 2.17. The molecule has 0 aromatic carbocycles. The van der Waals surface area contributed by atoms with Crippen LogP contribution in [0.3, 0.4) is 0 Å². The highest BCUT2D eigenvalue weighted by atomic mass is 15.3. The van der Waals surface area contributed by atoms with E-state index in [1.54, 1.807) is 6.20 Å². The zero-order valence-corrected chi connectivity index (χ0v) is 10.2. The fourth-order valence-corrected chi connectivity index (χ4v) is 1.62. The lowest BCUT2D eigenvalue weighted by atomic mass is 10.3. The summed E-state index contributed by atoms with van der Waals surface area (Å²) < 4.78 is 1.91. The van der Waals surface area contributed by atoms with Crippen molar-refractivity contribution in [3.05, 3.63) is 24.4 Å². The molecule has 0 aliphatic heterocycles. The molecule has 0 unspecified atom stereocenters. The normalized spacial score (nSPS) is 10.5. The van der Waals surface area contributed by atoms with E-state index in [1.165, 1.54) is 0 Å². The minimum atomic E-state index is 0.818. The Bertz CT molecular complexity index is 460. The van der Waals surface area contributed by atoms with E-state index in [-0.39, 0.29) is 0 Å². The van der Waals surface area contributed by atoms with Crippen LogP contribution < -0.4 is 5.32 Å². The van der Waals surface area contributed by atoms with Gasteiger partial charge in [0, 0.05) is 19.3 Å². The molecular formula is C12H17N5. The molecule has 0 fully saturated rings. The van der Waals surface area contributed by atoms with Gasteiger partial charge in [0.05, 0.1) is 5.69 Å². The molecule has 0 amide bonds. The largest absolute Gasteiger partial charge is 0.369 e. The first-order chi connectivity index (χ1) is 8.35. The maximum atomic E-state index is 4.22. The van der Waals surface area contributed by atoms with Gasteiger partial charge in [-0.15, -0.1) is 10.2 Å². The van der Waals surface area contributed by atoms with Crippen LogP contribution >= 0.6 is 0 Å². The smallest absolute Gasteiger partial charge is 0.148 e. The van der Waals surface area contributed by atoms with Crippen molar-refractivity contribution >= 4 is 5.82 Å². The van der Waals surface area contributed by atoms with Gasteiger partial charge in [0.2, 0.25) is 0 Å². The van der Waals surface area contributed by atoms with Gasteiger partial charge in [-0.2, -0.15) is 5.10 Å². The summed E-state index contributed by atoms with van der Waals surface area (Å²) in [6.45, 7) is 5.93. The molecule has 5 heteroatoms. The third kappa shape index (κ3) is 2.61. The van der Waals surface area contributed by atoms with Crippen molar-refractivity contribution in [1.82, 2.24) is 20.0 Å². The SMILES string of the molecule is CCCNc1ccc(-c2ccnn2CC)nn1. The molecule has 2 aromatic rings. The Morgan fingerprint density at radius 2 is 2.06 bits per heavy atom. The van der Waals surface area contributed by atoms with Crippen molar-refractivity contribution in [2.24, 2.45) is 0 Å². The van der Waals surface area contributed by atoms with E-state index in [0.29, 0.717) is 0 Å². The lowest BCUT2D eigenvalue weighted by Crippen LogP contribution is -2.04. The van der Waals surface area contributed by atoms with Gasteiger partial charge in [-0.1, -0.05) is 6.92 Å². The Labute approximate surface area is 101 Å². The van der Waals surface area contributed by atoms with Crippen molar-refractivity contribution in [3.8, 4) is 11.4 Å². The van der Waals surface area contributed by atoms with Crippen molar-refractivity contribution in [3.63, 3.8) is 0 Å². The highest BCUT2D eigenvalue weighted by Crippen LogP contribution is 2.16. The first-order valence-corrected chi connectivity index (χ1v) is 5.95. The topological polar surface area (TPSA) is 55.6 Å². The van der Waals surface area contributed by atoms with E-state index in [1.807, 2.05) is 22.9 Å². The third-order valence-corrected chi connectivity index (χ3v) is 2.50. The second kappa shape index (κ2) is 5.43. The Morgan fingerprint density at radius 1 is 1.18 bits per heavy atom. The van der Waals surface area contributed by atoms with Gasteiger partial charge >= 0.3 is 0 Å². The molecule has 90 valence electrons. The quantitative estimate of drug-likeness (QED) is 0.857. The number of anilines is 1. The first kappa shape index (κ1) is 11.6. The molecule has 0 aliphatic rings. The maximum Gasteiger partial charge on any atom is 0.148 e. The highest BCUT2D eigenvalue weighted by molar-refractivity contribution is 5.54. The summed E-state index contributed by atoms with van der Waals surface area (Å²) >= 11 is 0. The number of nitrogens with zero attached hydrogens (tertiary/aromatic N) is 4. The molecule has 2 rings (SSSR count). The lowest BCUT2D eigenvalue weighted by Gasteiger charge is -2.05. The van der Waals surface area contributed by atoms with Crippen molar-refractivity contribution < 1.29 is 0 Å². The monoisotopic (exact) mass is 231 g/mol. The number of aromatic nitrogens is 4. The average molecular weight is 231 g/mol. The number of aryl methyl sites for hydroxylation is 1. The fourth-order valence-electron chi connectivity index (χ4n) is 1.62. The summed E-state index contributed by atoms with van der Waals surface area (Å²) in [5.41, 5.74) is 1.86. The second-order valence-electron chi connectivity index (χ2n) is 3.76. The summed E-state index contributed by atoms with van der Waals surface area (Å²) in [6, 6.07) is 5.87. The van der Waals surface area contributed by atoms with Gasteiger partial charge in [0.15, 0.2) is 0 Å². The van der Waals surface area contributed by atoms with Crippen LogP contribution in [0.25, 0.3) is 11.4 Å². The Morgan fingerprint density at radius 3 is 2.71 bits per heavy atom. The standard InChI is InChI=1S/C12H17N5/c1-3-8-13-12-6-5-10(15-16-12)11-7-9-14-17(11)4-2/h5-7,9H,3-4,8H2,1-2H3,(H,13,16). The Hall–Kier alpha value is -1.91. The van der Waals surface area contributed by atoms with E-state index in [9.17, 15) is 0 Å². The molecule has 0 spiro atoms. The maximum absolute atomic E-state index is 4.22. The van der Waals surface area contributed by atoms with E-state index >= 15 is 0 Å². The number of nitrogens with one attached hydrogen (secondary N) is 1. The fraction of sp³-hybridized carbons (Fsp3) is 0.417. The zero-order valence-electron chi connectivity index (χ0n) is 10.2. The van der Waals surface area contributed by atoms with Crippen LogP contribution in [0.4, 0.5) is 5.82 Å². The van der Waals surface area contributed by atoms with Crippen LogP contribution in [-0.2, 0) is 6.54 Å². The lowest BCUT2D eigenvalue weighted by molar-refractivity contribution is 0.664. The Kier molecular flexibility index (Phi) is 3.69. The minimum absolute atomic E-state index is 0.818. The summed E-state index contributed by atoms with van der Waals surface area (Å²) in [7, 11) is 0. The van der Waals surface area contributed by atoms with Crippen molar-refractivity contribution in [2.75, 3.05) is 11.9 Å². The summed E-state index contributed by atoms with van der Waals surface area (Å²) in [5.74, 6) is 0.818. The van der Waals surface area contributed by atoms with Crippen LogP contribution in [-0.4, -0.2) is 26.5 Å². The van der Waals surface area contributed by atoms with E-state index in [0.717, 1.165) is 36.7 Å². The summed E-state index contributed by atoms with van der Waals surface area (Å²) in [5, 5.41) is 15.8. The van der Waals surface area contributed by atoms with Gasteiger partial charge in [-0.25, -0.2) is 0 Å². The number of hydrogen-bond donors (Lipinski definition) is 1. The van der Waals surface area contributed by atoms with Gasteiger partial charge in [0.1, 0.15) is 11.5 Å². The molecule has 2 heterocycles. The van der Waals surface area contributed by atoms with Gasteiger partial charge in [0.25, 0.3) is 0 Å². The number of hydrogen-bond acceptors (Lipinski definition) is 4. The number of rotatable bonds is 5. The highest BCUT2D eigenvalue weighted by Gasteiger charge is 2.05.